The van der Waals surface area contributed by atoms with Gasteiger partial charge in [-0.1, -0.05) is 12.1 Å². The van der Waals surface area contributed by atoms with Gasteiger partial charge in [0.15, 0.2) is 15.7 Å². The number of amides is 3. The van der Waals surface area contributed by atoms with Crippen LogP contribution < -0.4 is 11.1 Å². The van der Waals surface area contributed by atoms with Gasteiger partial charge in [0.05, 0.1) is 22.6 Å². The minimum atomic E-state index is -3.95. The lowest BCUT2D eigenvalue weighted by molar-refractivity contribution is -0.119. The molecule has 3 N–H and O–H groups in total. The highest BCUT2D eigenvalue weighted by Gasteiger charge is 2.62. The number of primary amides is 1. The lowest BCUT2D eigenvalue weighted by atomic mass is 10.1. The molecule has 1 aromatic carbocycles. The Morgan fingerprint density at radius 1 is 1.23 bits per heavy atom. The monoisotopic (exact) mass is 498 g/mol. The molecule has 4 rings (SSSR count). The Balaban J connectivity index is 1.46. The molecule has 1 fully saturated rings. The van der Waals surface area contributed by atoms with Crippen LogP contribution in [0.1, 0.15) is 58.9 Å². The van der Waals surface area contributed by atoms with Crippen molar-refractivity contribution in [2.75, 3.05) is 13.1 Å². The Kier molecular flexibility index (Phi) is 5.92. The van der Waals surface area contributed by atoms with Gasteiger partial charge in [0.2, 0.25) is 5.91 Å². The number of rotatable bonds is 8. The molecule has 1 aromatic heterocycles. The van der Waals surface area contributed by atoms with Crippen molar-refractivity contribution in [1.29, 1.82) is 5.26 Å². The van der Waals surface area contributed by atoms with E-state index >= 15 is 0 Å². The van der Waals surface area contributed by atoms with Crippen LogP contribution in [-0.4, -0.2) is 63.2 Å². The molecule has 1 saturated carbocycles. The van der Waals surface area contributed by atoms with Crippen molar-refractivity contribution in [1.82, 2.24) is 19.8 Å². The van der Waals surface area contributed by atoms with Crippen LogP contribution in [0.2, 0.25) is 0 Å². The van der Waals surface area contributed by atoms with Gasteiger partial charge >= 0.3 is 0 Å². The summed E-state index contributed by atoms with van der Waals surface area (Å²) in [6.07, 6.45) is 2.00. The number of nitrogens with one attached hydrogen (secondary N) is 1. The van der Waals surface area contributed by atoms with Crippen molar-refractivity contribution in [3.63, 3.8) is 0 Å². The van der Waals surface area contributed by atoms with E-state index in [-0.39, 0.29) is 37.7 Å². The number of benzene rings is 1. The van der Waals surface area contributed by atoms with E-state index in [1.54, 1.807) is 24.3 Å². The highest BCUT2D eigenvalue weighted by molar-refractivity contribution is 7.95. The molecule has 0 unspecified atom stereocenters. The molecule has 2 heterocycles. The third-order valence-corrected chi connectivity index (χ3v) is 10.0. The van der Waals surface area contributed by atoms with Crippen molar-refractivity contribution >= 4 is 27.6 Å². The molecule has 0 bridgehead atoms. The van der Waals surface area contributed by atoms with E-state index in [9.17, 15) is 22.8 Å². The van der Waals surface area contributed by atoms with Crippen LogP contribution >= 0.6 is 0 Å². The molecule has 11 nitrogen and oxygen atoms in total. The normalized spacial score (nSPS) is 16.8. The smallest absolute Gasteiger partial charge is 0.287 e. The van der Waals surface area contributed by atoms with Gasteiger partial charge < -0.3 is 20.5 Å². The molecule has 0 saturated heterocycles. The predicted molar refractivity (Wildman–Crippen MR) is 125 cm³/mol. The maximum absolute atomic E-state index is 13.2. The summed E-state index contributed by atoms with van der Waals surface area (Å²) in [4.78, 5) is 43.2. The van der Waals surface area contributed by atoms with E-state index in [0.29, 0.717) is 18.4 Å². The van der Waals surface area contributed by atoms with Gasteiger partial charge in [0.1, 0.15) is 10.4 Å². The first-order valence-electron chi connectivity index (χ1n) is 11.1. The van der Waals surface area contributed by atoms with Crippen molar-refractivity contribution < 1.29 is 22.8 Å². The number of fused-ring (bicyclic) bond motifs is 1. The molecule has 1 aliphatic heterocycles. The highest BCUT2D eigenvalue weighted by Crippen LogP contribution is 2.49. The number of hydrogen-bond donors (Lipinski definition) is 2. The molecule has 2 aromatic rings. The number of nitriles is 1. The van der Waals surface area contributed by atoms with E-state index in [1.165, 1.54) is 29.5 Å². The number of nitrogens with two attached hydrogens (primary N) is 1. The first-order chi connectivity index (χ1) is 16.4. The first kappa shape index (κ1) is 24.4. The summed E-state index contributed by atoms with van der Waals surface area (Å²) in [5, 5.41) is 11.6. The Labute approximate surface area is 202 Å². The summed E-state index contributed by atoms with van der Waals surface area (Å²) in [7, 11) is -3.95. The summed E-state index contributed by atoms with van der Waals surface area (Å²) in [5.41, 5.74) is 6.87. The number of sulfone groups is 1. The Morgan fingerprint density at radius 3 is 2.46 bits per heavy atom. The van der Waals surface area contributed by atoms with Crippen molar-refractivity contribution in [3.05, 3.63) is 53.1 Å². The van der Waals surface area contributed by atoms with Crippen LogP contribution in [0.4, 0.5) is 0 Å². The van der Waals surface area contributed by atoms with Crippen molar-refractivity contribution in [3.8, 4) is 6.07 Å². The van der Waals surface area contributed by atoms with Gasteiger partial charge in [-0.15, -0.1) is 0 Å². The Bertz CT molecular complexity index is 1350. The maximum Gasteiger partial charge on any atom is 0.287 e. The number of nitrogens with zero attached hydrogens (tertiary/aromatic N) is 4. The minimum Gasteiger partial charge on any atom is -0.368 e. The summed E-state index contributed by atoms with van der Waals surface area (Å²) in [6.45, 7) is 3.24. The molecule has 0 radical (unpaired) electrons. The quantitative estimate of drug-likeness (QED) is 0.529. The number of carbonyl (C=O) groups is 3. The molecular formula is C23H26N6O5S. The fraction of sp³-hybridized carbons (Fsp3) is 0.435. The van der Waals surface area contributed by atoms with Crippen LogP contribution in [-0.2, 0) is 27.7 Å². The van der Waals surface area contributed by atoms with Crippen molar-refractivity contribution in [2.45, 2.75) is 49.3 Å². The number of imidazole rings is 1. The average Bonchev–Trinajstić information content (AvgIpc) is 3.49. The Hall–Kier alpha value is -3.72. The summed E-state index contributed by atoms with van der Waals surface area (Å²) >= 11 is 0. The second-order valence-electron chi connectivity index (χ2n) is 9.40. The molecule has 2 aliphatic rings. The van der Waals surface area contributed by atoms with Gasteiger partial charge in [0, 0.05) is 26.2 Å². The van der Waals surface area contributed by atoms with E-state index < -0.39 is 37.1 Å². The molecule has 1 aliphatic carbocycles. The van der Waals surface area contributed by atoms with Gasteiger partial charge in [-0.25, -0.2) is 13.4 Å². The van der Waals surface area contributed by atoms with Crippen LogP contribution in [0.3, 0.4) is 0 Å². The van der Waals surface area contributed by atoms with Crippen LogP contribution in [0.25, 0.3) is 0 Å². The van der Waals surface area contributed by atoms with Crippen LogP contribution in [0.5, 0.6) is 0 Å². The van der Waals surface area contributed by atoms with E-state index in [0.717, 1.165) is 5.56 Å². The molecular weight excluding hydrogens is 472 g/mol. The summed E-state index contributed by atoms with van der Waals surface area (Å²) in [6, 6.07) is 8.82. The van der Waals surface area contributed by atoms with Gasteiger partial charge in [0.25, 0.3) is 11.8 Å². The van der Waals surface area contributed by atoms with E-state index in [1.807, 2.05) is 6.07 Å². The zero-order valence-corrected chi connectivity index (χ0v) is 20.3. The zero-order valence-electron chi connectivity index (χ0n) is 19.4. The second-order valence-corrected chi connectivity index (χ2v) is 12.3. The third-order valence-electron chi connectivity index (χ3n) is 6.82. The maximum atomic E-state index is 13.2. The van der Waals surface area contributed by atoms with Gasteiger partial charge in [-0.05, 0) is 44.4 Å². The van der Waals surface area contributed by atoms with E-state index in [2.05, 4.69) is 10.3 Å². The lowest BCUT2D eigenvalue weighted by Gasteiger charge is -2.34. The summed E-state index contributed by atoms with van der Waals surface area (Å²) < 4.78 is 25.0. The molecule has 0 atom stereocenters. The molecule has 12 heteroatoms. The molecule has 184 valence electrons. The second kappa shape index (κ2) is 8.49. The fourth-order valence-corrected chi connectivity index (χ4v) is 6.53. The fourth-order valence-electron chi connectivity index (χ4n) is 4.22. The third kappa shape index (κ3) is 4.05. The topological polar surface area (TPSA) is 168 Å². The largest absolute Gasteiger partial charge is 0.368 e. The number of aromatic nitrogens is 2. The SMILES string of the molecule is CC(C)(C(N)=O)S(=O)(=O)C1(CN2CCn3c(cnc3C(=O)NCc3ccc(C#N)cc3)C2=O)CC1. The minimum absolute atomic E-state index is 0.0454. The first-order valence-corrected chi connectivity index (χ1v) is 12.6. The van der Waals surface area contributed by atoms with Crippen molar-refractivity contribution in [2.24, 2.45) is 5.73 Å². The van der Waals surface area contributed by atoms with E-state index in [4.69, 9.17) is 11.0 Å². The number of carbonyl (C=O) groups excluding carboxylic acids is 3. The van der Waals surface area contributed by atoms with Crippen LogP contribution in [0, 0.1) is 11.3 Å². The molecule has 35 heavy (non-hydrogen) atoms. The lowest BCUT2D eigenvalue weighted by Crippen LogP contribution is -2.55. The van der Waals surface area contributed by atoms with Crippen LogP contribution in [0.15, 0.2) is 30.5 Å². The standard InChI is InChI=1S/C23H26N6O5S/c1-22(2,21(25)32)35(33,34)23(7-8-23)14-28-9-10-29-17(20(28)31)13-26-18(29)19(30)27-12-16-5-3-15(11-24)4-6-16/h3-6,13H,7-10,12,14H2,1-2H3,(H2,25,32)(H,27,30). The van der Waals surface area contributed by atoms with Gasteiger partial charge in [-0.2, -0.15) is 5.26 Å². The highest BCUT2D eigenvalue weighted by atomic mass is 32.2. The van der Waals surface area contributed by atoms with Gasteiger partial charge in [-0.3, -0.25) is 14.4 Å². The molecule has 0 spiro atoms. The number of hydrogen-bond acceptors (Lipinski definition) is 7. The predicted octanol–water partition coefficient (Wildman–Crippen LogP) is 0.352. The summed E-state index contributed by atoms with van der Waals surface area (Å²) in [5.74, 6) is -1.71. The average molecular weight is 499 g/mol. The Morgan fingerprint density at radius 2 is 1.89 bits per heavy atom. The molecule has 3 amide bonds. The zero-order chi connectivity index (χ0) is 25.6.